The molecule has 0 bridgehead atoms. The van der Waals surface area contributed by atoms with Crippen molar-refractivity contribution in [3.63, 3.8) is 0 Å². The highest BCUT2D eigenvalue weighted by Crippen LogP contribution is 2.29. The number of benzene rings is 2. The first-order valence-electron chi connectivity index (χ1n) is 7.60. The second-order valence-corrected chi connectivity index (χ2v) is 5.44. The Morgan fingerprint density at radius 2 is 1.88 bits per heavy atom. The van der Waals surface area contributed by atoms with Gasteiger partial charge in [-0.3, -0.25) is 14.9 Å². The number of nitro groups is 1. The quantitative estimate of drug-likeness (QED) is 0.408. The molecule has 0 spiro atoms. The number of methoxy groups -OCH3 is 1. The van der Waals surface area contributed by atoms with Crippen LogP contribution < -0.4 is 19.5 Å². The summed E-state index contributed by atoms with van der Waals surface area (Å²) in [5.41, 5.74) is -0.301. The summed E-state index contributed by atoms with van der Waals surface area (Å²) in [6.07, 6.45) is 0. The van der Waals surface area contributed by atoms with Crippen molar-refractivity contribution < 1.29 is 23.9 Å². The molecule has 2 rings (SSSR count). The van der Waals surface area contributed by atoms with Crippen LogP contribution in [0.1, 0.15) is 0 Å². The van der Waals surface area contributed by atoms with Crippen molar-refractivity contribution in [1.29, 1.82) is 0 Å². The van der Waals surface area contributed by atoms with Crippen LogP contribution in [-0.4, -0.2) is 37.7 Å². The van der Waals surface area contributed by atoms with Crippen LogP contribution in [0.3, 0.4) is 0 Å². The van der Waals surface area contributed by atoms with Crippen LogP contribution in [0.2, 0.25) is 5.02 Å². The predicted molar refractivity (Wildman–Crippen MR) is 95.1 cm³/mol. The van der Waals surface area contributed by atoms with Crippen molar-refractivity contribution in [2.75, 3.05) is 26.9 Å². The van der Waals surface area contributed by atoms with Gasteiger partial charge in [-0.05, 0) is 24.3 Å². The third-order valence-corrected chi connectivity index (χ3v) is 3.46. The predicted octanol–water partition coefficient (Wildman–Crippen LogP) is 2.83. The molecular formula is C17H17ClN2O6. The van der Waals surface area contributed by atoms with Crippen molar-refractivity contribution >= 4 is 23.2 Å². The average Bonchev–Trinajstić information content (AvgIpc) is 2.64. The maximum atomic E-state index is 11.8. The molecule has 0 fully saturated rings. The molecule has 0 aliphatic heterocycles. The van der Waals surface area contributed by atoms with Crippen molar-refractivity contribution in [3.05, 3.63) is 57.6 Å². The Bertz CT molecular complexity index is 784. The van der Waals surface area contributed by atoms with Gasteiger partial charge in [-0.25, -0.2) is 0 Å². The van der Waals surface area contributed by atoms with Gasteiger partial charge in [0.25, 0.3) is 5.91 Å². The zero-order chi connectivity index (χ0) is 18.9. The molecule has 0 aliphatic rings. The minimum atomic E-state index is -0.625. The van der Waals surface area contributed by atoms with Crippen molar-refractivity contribution in [3.8, 4) is 17.2 Å². The smallest absolute Gasteiger partial charge is 0.312 e. The van der Waals surface area contributed by atoms with Gasteiger partial charge in [0.05, 0.1) is 18.6 Å². The van der Waals surface area contributed by atoms with E-state index < -0.39 is 10.8 Å². The van der Waals surface area contributed by atoms with Crippen LogP contribution >= 0.6 is 11.6 Å². The number of halogens is 1. The van der Waals surface area contributed by atoms with E-state index in [1.807, 2.05) is 12.1 Å². The van der Waals surface area contributed by atoms with Gasteiger partial charge in [0.15, 0.2) is 23.9 Å². The summed E-state index contributed by atoms with van der Waals surface area (Å²) in [5.74, 6) is 0.701. The summed E-state index contributed by atoms with van der Waals surface area (Å²) in [6, 6.07) is 11.1. The molecule has 9 heteroatoms. The van der Waals surface area contributed by atoms with Crippen molar-refractivity contribution in [2.24, 2.45) is 0 Å². The summed E-state index contributed by atoms with van der Waals surface area (Å²) < 4.78 is 15.9. The summed E-state index contributed by atoms with van der Waals surface area (Å²) in [6.45, 7) is 0.104. The van der Waals surface area contributed by atoms with Gasteiger partial charge in [-0.1, -0.05) is 23.7 Å². The van der Waals surface area contributed by atoms with Gasteiger partial charge in [-0.2, -0.15) is 0 Å². The molecule has 26 heavy (non-hydrogen) atoms. The molecule has 2 aromatic carbocycles. The summed E-state index contributed by atoms with van der Waals surface area (Å²) in [7, 11) is 1.54. The summed E-state index contributed by atoms with van der Waals surface area (Å²) in [5, 5.41) is 13.8. The highest BCUT2D eigenvalue weighted by atomic mass is 35.5. The number of rotatable bonds is 9. The van der Waals surface area contributed by atoms with E-state index in [0.717, 1.165) is 6.07 Å². The van der Waals surface area contributed by atoms with E-state index in [1.165, 1.54) is 19.2 Å². The van der Waals surface area contributed by atoms with E-state index in [0.29, 0.717) is 11.5 Å². The van der Waals surface area contributed by atoms with Gasteiger partial charge in [0.1, 0.15) is 6.61 Å². The molecule has 8 nitrogen and oxygen atoms in total. The minimum Gasteiger partial charge on any atom is -0.493 e. The molecule has 2 aromatic rings. The van der Waals surface area contributed by atoms with Crippen molar-refractivity contribution in [2.45, 2.75) is 0 Å². The normalized spacial score (nSPS) is 10.1. The molecule has 1 amide bonds. The van der Waals surface area contributed by atoms with E-state index in [2.05, 4.69) is 5.32 Å². The fraction of sp³-hybridized carbons (Fsp3) is 0.235. The van der Waals surface area contributed by atoms with Crippen LogP contribution in [0.25, 0.3) is 0 Å². The van der Waals surface area contributed by atoms with Crippen LogP contribution in [0, 0.1) is 10.1 Å². The Kier molecular flexibility index (Phi) is 7.04. The first kappa shape index (κ1) is 19.3. The Balaban J connectivity index is 1.77. The highest BCUT2D eigenvalue weighted by Gasteiger charge is 2.16. The molecule has 0 unspecified atom stereocenters. The fourth-order valence-electron chi connectivity index (χ4n) is 2.04. The first-order valence-corrected chi connectivity index (χ1v) is 7.98. The molecule has 0 aromatic heterocycles. The number of carbonyl (C=O) groups excluding carboxylic acids is 1. The fourth-order valence-corrected chi connectivity index (χ4v) is 2.21. The summed E-state index contributed by atoms with van der Waals surface area (Å²) in [4.78, 5) is 22.1. The molecular weight excluding hydrogens is 364 g/mol. The first-order chi connectivity index (χ1) is 12.5. The lowest BCUT2D eigenvalue weighted by molar-refractivity contribution is -0.385. The number of para-hydroxylation sites is 2. The van der Waals surface area contributed by atoms with Crippen molar-refractivity contribution in [1.82, 2.24) is 5.32 Å². The number of carbonyl (C=O) groups is 1. The maximum absolute atomic E-state index is 11.8. The monoisotopic (exact) mass is 380 g/mol. The maximum Gasteiger partial charge on any atom is 0.312 e. The Morgan fingerprint density at radius 1 is 1.15 bits per heavy atom. The molecule has 0 saturated heterocycles. The zero-order valence-electron chi connectivity index (χ0n) is 13.9. The third kappa shape index (κ3) is 5.52. The second-order valence-electron chi connectivity index (χ2n) is 5.01. The zero-order valence-corrected chi connectivity index (χ0v) is 14.7. The van der Waals surface area contributed by atoms with Gasteiger partial charge in [0.2, 0.25) is 0 Å². The van der Waals surface area contributed by atoms with E-state index >= 15 is 0 Å². The Hall–Kier alpha value is -3.00. The number of nitro benzene ring substituents is 1. The Morgan fingerprint density at radius 3 is 2.58 bits per heavy atom. The van der Waals surface area contributed by atoms with Gasteiger partial charge in [-0.15, -0.1) is 0 Å². The van der Waals surface area contributed by atoms with Crippen LogP contribution in [0.5, 0.6) is 17.2 Å². The van der Waals surface area contributed by atoms with E-state index in [-0.39, 0.29) is 36.2 Å². The van der Waals surface area contributed by atoms with Gasteiger partial charge < -0.3 is 19.5 Å². The number of nitrogens with one attached hydrogen (secondary N) is 1. The number of nitrogens with zero attached hydrogens (tertiary/aromatic N) is 1. The molecule has 0 heterocycles. The molecule has 1 N–H and O–H groups in total. The molecule has 0 saturated carbocycles. The largest absolute Gasteiger partial charge is 0.493 e. The van der Waals surface area contributed by atoms with E-state index in [4.69, 9.17) is 25.8 Å². The topological polar surface area (TPSA) is 99.9 Å². The number of hydrogen-bond acceptors (Lipinski definition) is 6. The van der Waals surface area contributed by atoms with Crippen LogP contribution in [-0.2, 0) is 4.79 Å². The number of amides is 1. The lowest BCUT2D eigenvalue weighted by Gasteiger charge is -2.11. The third-order valence-electron chi connectivity index (χ3n) is 3.23. The highest BCUT2D eigenvalue weighted by molar-refractivity contribution is 6.30. The lowest BCUT2D eigenvalue weighted by Crippen LogP contribution is -2.32. The van der Waals surface area contributed by atoms with Gasteiger partial charge >= 0.3 is 5.69 Å². The molecule has 138 valence electrons. The van der Waals surface area contributed by atoms with Crippen LogP contribution in [0.15, 0.2) is 42.5 Å². The van der Waals surface area contributed by atoms with Gasteiger partial charge in [0, 0.05) is 11.1 Å². The molecule has 0 aliphatic carbocycles. The SMILES string of the molecule is COc1ccccc1OCCNC(=O)COc1ccc(Cl)cc1[N+](=O)[O-]. The minimum absolute atomic E-state index is 0.0279. The standard InChI is InChI=1S/C17H17ClN2O6/c1-24-15-4-2-3-5-16(15)25-9-8-19-17(21)11-26-14-7-6-12(18)10-13(14)20(22)23/h2-7,10H,8-9,11H2,1H3,(H,19,21). The Labute approximate surface area is 154 Å². The average molecular weight is 381 g/mol. The second kappa shape index (κ2) is 9.47. The number of hydrogen-bond donors (Lipinski definition) is 1. The number of ether oxygens (including phenoxy) is 3. The van der Waals surface area contributed by atoms with Crippen LogP contribution in [0.4, 0.5) is 5.69 Å². The van der Waals surface area contributed by atoms with E-state index in [1.54, 1.807) is 12.1 Å². The summed E-state index contributed by atoms with van der Waals surface area (Å²) >= 11 is 5.72. The molecule has 0 atom stereocenters. The molecule has 0 radical (unpaired) electrons. The van der Waals surface area contributed by atoms with E-state index in [9.17, 15) is 14.9 Å². The lowest BCUT2D eigenvalue weighted by atomic mass is 10.3.